The Morgan fingerprint density at radius 2 is 1.60 bits per heavy atom. The predicted octanol–water partition coefficient (Wildman–Crippen LogP) is 5.52. The highest BCUT2D eigenvalue weighted by Crippen LogP contribution is 2.42. The summed E-state index contributed by atoms with van der Waals surface area (Å²) in [4.78, 5) is 16.4. The number of ether oxygens (including phenoxy) is 1. The maximum Gasteiger partial charge on any atom is 0.357 e. The Bertz CT molecular complexity index is 536. The number of hydrogen-bond acceptors (Lipinski definition) is 4. The number of aryl methyl sites for hydroxylation is 1. The molecule has 1 atom stereocenters. The second-order valence-electron chi connectivity index (χ2n) is 7.83. The molecule has 0 fully saturated rings. The quantitative estimate of drug-likeness (QED) is 0.427. The van der Waals surface area contributed by atoms with Crippen LogP contribution in [0.1, 0.15) is 71.1 Å². The van der Waals surface area contributed by atoms with Crippen molar-refractivity contribution in [1.82, 2.24) is 4.98 Å². The maximum atomic E-state index is 12.2. The molecule has 142 valence electrons. The third-order valence-corrected chi connectivity index (χ3v) is 11.1. The fourth-order valence-electron chi connectivity index (χ4n) is 3.86. The molecule has 1 unspecified atom stereocenters. The first kappa shape index (κ1) is 21.8. The van der Waals surface area contributed by atoms with Gasteiger partial charge in [-0.15, -0.1) is 0 Å². The van der Waals surface area contributed by atoms with Crippen LogP contribution in [0.15, 0.2) is 18.2 Å². The second kappa shape index (κ2) is 9.48. The summed E-state index contributed by atoms with van der Waals surface area (Å²) in [6.07, 6.45) is 0.520. The molecule has 0 bridgehead atoms. The molecule has 1 rings (SSSR count). The van der Waals surface area contributed by atoms with Gasteiger partial charge in [0.1, 0.15) is 11.8 Å². The van der Waals surface area contributed by atoms with Gasteiger partial charge in [0.2, 0.25) is 0 Å². The maximum absolute atomic E-state index is 12.2. The van der Waals surface area contributed by atoms with Crippen LogP contribution < -0.4 is 0 Å². The van der Waals surface area contributed by atoms with Crippen LogP contribution in [0.5, 0.6) is 0 Å². The van der Waals surface area contributed by atoms with Crippen molar-refractivity contribution < 1.29 is 14.0 Å². The van der Waals surface area contributed by atoms with Crippen molar-refractivity contribution in [3.05, 3.63) is 29.6 Å². The predicted molar refractivity (Wildman–Crippen MR) is 105 cm³/mol. The van der Waals surface area contributed by atoms with Crippen LogP contribution in [0, 0.1) is 6.92 Å². The summed E-state index contributed by atoms with van der Waals surface area (Å²) in [6, 6.07) is 5.37. The number of aromatic nitrogens is 1. The van der Waals surface area contributed by atoms with Gasteiger partial charge in [-0.1, -0.05) is 47.6 Å². The van der Waals surface area contributed by atoms with E-state index in [4.69, 9.17) is 9.16 Å². The molecule has 0 aliphatic heterocycles. The zero-order chi connectivity index (χ0) is 19.2. The normalized spacial score (nSPS) is 13.6. The lowest BCUT2D eigenvalue weighted by atomic mass is 10.3. The third-order valence-electron chi connectivity index (χ3n) is 4.99. The molecule has 0 aliphatic rings. The number of esters is 1. The number of rotatable bonds is 9. The molecule has 0 saturated carbocycles. The first-order chi connectivity index (χ1) is 11.6. The van der Waals surface area contributed by atoms with Crippen molar-refractivity contribution in [3.8, 4) is 0 Å². The summed E-state index contributed by atoms with van der Waals surface area (Å²) in [6.45, 7) is 18.1. The van der Waals surface area contributed by atoms with Gasteiger partial charge in [-0.3, -0.25) is 0 Å². The summed E-state index contributed by atoms with van der Waals surface area (Å²) in [5, 5.41) is 0. The van der Waals surface area contributed by atoms with Crippen LogP contribution >= 0.6 is 0 Å². The molecular formula is C20H35NO3Si. The number of carbonyl (C=O) groups is 1. The highest BCUT2D eigenvalue weighted by molar-refractivity contribution is 6.77. The first-order valence-electron chi connectivity index (χ1n) is 9.39. The average Bonchev–Trinajstić information content (AvgIpc) is 2.50. The van der Waals surface area contributed by atoms with Crippen LogP contribution in [0.3, 0.4) is 0 Å². The largest absolute Gasteiger partial charge is 0.458 e. The SMILES string of the molecule is Cc1cccc(C(=O)OC(C)CCO[Si](C(C)C)(C(C)C)C(C)C)n1. The number of pyridine rings is 1. The van der Waals surface area contributed by atoms with E-state index in [0.29, 0.717) is 35.3 Å². The molecule has 0 radical (unpaired) electrons. The Morgan fingerprint density at radius 3 is 2.08 bits per heavy atom. The Labute approximate surface area is 154 Å². The van der Waals surface area contributed by atoms with Crippen molar-refractivity contribution in [1.29, 1.82) is 0 Å². The fourth-order valence-corrected chi connectivity index (χ4v) is 9.33. The smallest absolute Gasteiger partial charge is 0.357 e. The van der Waals surface area contributed by atoms with Gasteiger partial charge >= 0.3 is 5.97 Å². The van der Waals surface area contributed by atoms with E-state index in [9.17, 15) is 4.79 Å². The molecule has 0 N–H and O–H groups in total. The molecule has 5 heteroatoms. The zero-order valence-electron chi connectivity index (χ0n) is 17.1. The number of hydrogen-bond donors (Lipinski definition) is 0. The highest BCUT2D eigenvalue weighted by atomic mass is 28.4. The van der Waals surface area contributed by atoms with E-state index in [1.807, 2.05) is 26.0 Å². The van der Waals surface area contributed by atoms with Gasteiger partial charge in [0.05, 0.1) is 0 Å². The average molecular weight is 366 g/mol. The summed E-state index contributed by atoms with van der Waals surface area (Å²) in [5.74, 6) is -0.365. The molecule has 0 aliphatic carbocycles. The molecular weight excluding hydrogens is 330 g/mol. The third kappa shape index (κ3) is 5.64. The van der Waals surface area contributed by atoms with Gasteiger partial charge in [0, 0.05) is 18.7 Å². The molecule has 25 heavy (non-hydrogen) atoms. The van der Waals surface area contributed by atoms with Crippen LogP contribution in [-0.2, 0) is 9.16 Å². The van der Waals surface area contributed by atoms with Crippen molar-refractivity contribution >= 4 is 14.3 Å². The van der Waals surface area contributed by atoms with E-state index in [0.717, 1.165) is 5.69 Å². The van der Waals surface area contributed by atoms with E-state index in [2.05, 4.69) is 46.5 Å². The minimum absolute atomic E-state index is 0.187. The standard InChI is InChI=1S/C20H35NO3Si/c1-14(2)25(15(3)4,16(5)6)23-13-12-18(8)24-20(22)19-11-9-10-17(7)21-19/h9-11,14-16,18H,12-13H2,1-8H3. The van der Waals surface area contributed by atoms with Gasteiger partial charge in [0.25, 0.3) is 0 Å². The molecule has 0 amide bonds. The lowest BCUT2D eigenvalue weighted by Gasteiger charge is -2.42. The zero-order valence-corrected chi connectivity index (χ0v) is 18.1. The minimum atomic E-state index is -1.86. The van der Waals surface area contributed by atoms with Crippen molar-refractivity contribution in [2.75, 3.05) is 6.61 Å². The number of nitrogens with zero attached hydrogens (tertiary/aromatic N) is 1. The molecule has 1 aromatic rings. The van der Waals surface area contributed by atoms with Crippen LogP contribution in [-0.4, -0.2) is 32.0 Å². The topological polar surface area (TPSA) is 48.4 Å². The molecule has 0 aromatic carbocycles. The van der Waals surface area contributed by atoms with Gasteiger partial charge in [-0.25, -0.2) is 9.78 Å². The molecule has 0 saturated heterocycles. The lowest BCUT2D eigenvalue weighted by molar-refractivity contribution is 0.0284. The monoisotopic (exact) mass is 365 g/mol. The van der Waals surface area contributed by atoms with E-state index in [1.165, 1.54) is 0 Å². The van der Waals surface area contributed by atoms with Crippen LogP contribution in [0.4, 0.5) is 0 Å². The molecule has 4 nitrogen and oxygen atoms in total. The van der Waals surface area contributed by atoms with Crippen molar-refractivity contribution in [2.45, 2.75) is 84.5 Å². The van der Waals surface area contributed by atoms with Gasteiger partial charge < -0.3 is 9.16 Å². The Morgan fingerprint density at radius 1 is 1.04 bits per heavy atom. The summed E-state index contributed by atoms with van der Waals surface area (Å²) >= 11 is 0. The molecule has 1 aromatic heterocycles. The highest BCUT2D eigenvalue weighted by Gasteiger charge is 2.44. The van der Waals surface area contributed by atoms with Crippen LogP contribution in [0.2, 0.25) is 16.6 Å². The van der Waals surface area contributed by atoms with Gasteiger partial charge in [-0.2, -0.15) is 0 Å². The Kier molecular flexibility index (Phi) is 8.28. The van der Waals surface area contributed by atoms with Gasteiger partial charge in [-0.05, 0) is 42.6 Å². The van der Waals surface area contributed by atoms with E-state index in [-0.39, 0.29) is 12.1 Å². The first-order valence-corrected chi connectivity index (χ1v) is 11.5. The van der Waals surface area contributed by atoms with E-state index < -0.39 is 8.32 Å². The molecule has 0 spiro atoms. The summed E-state index contributed by atoms with van der Waals surface area (Å²) in [7, 11) is -1.86. The summed E-state index contributed by atoms with van der Waals surface area (Å²) < 4.78 is 12.0. The second-order valence-corrected chi connectivity index (χ2v) is 13.3. The van der Waals surface area contributed by atoms with Crippen molar-refractivity contribution in [2.24, 2.45) is 0 Å². The Balaban J connectivity index is 2.60. The Hall–Kier alpha value is -1.20. The fraction of sp³-hybridized carbons (Fsp3) is 0.700. The van der Waals surface area contributed by atoms with Crippen molar-refractivity contribution in [3.63, 3.8) is 0 Å². The minimum Gasteiger partial charge on any atom is -0.458 e. The lowest BCUT2D eigenvalue weighted by Crippen LogP contribution is -2.48. The van der Waals surface area contributed by atoms with Gasteiger partial charge in [0.15, 0.2) is 8.32 Å². The van der Waals surface area contributed by atoms with E-state index in [1.54, 1.807) is 6.07 Å². The van der Waals surface area contributed by atoms with E-state index >= 15 is 0 Å². The molecule has 1 heterocycles. The van der Waals surface area contributed by atoms with Crippen LogP contribution in [0.25, 0.3) is 0 Å². The number of carbonyl (C=O) groups excluding carboxylic acids is 1. The summed E-state index contributed by atoms with van der Waals surface area (Å²) in [5.41, 5.74) is 2.85.